The van der Waals surface area contributed by atoms with Gasteiger partial charge in [0.2, 0.25) is 0 Å². The fraction of sp³-hybridized carbons (Fsp3) is 0.125. The Morgan fingerprint density at radius 3 is 2.57 bits per heavy atom. The van der Waals surface area contributed by atoms with Crippen LogP contribution in [0, 0.1) is 6.92 Å². The number of benzene rings is 2. The van der Waals surface area contributed by atoms with Gasteiger partial charge in [-0.05, 0) is 36.8 Å². The summed E-state index contributed by atoms with van der Waals surface area (Å²) < 4.78 is 0. The van der Waals surface area contributed by atoms with E-state index in [1.807, 2.05) is 25.1 Å². The van der Waals surface area contributed by atoms with Gasteiger partial charge in [0.15, 0.2) is 0 Å². The molecule has 3 N–H and O–H groups in total. The number of carboxylic acid groups (broad SMARTS) is 1. The van der Waals surface area contributed by atoms with Crippen LogP contribution in [0.1, 0.15) is 15.9 Å². The largest absolute Gasteiger partial charge is 0.480 e. The van der Waals surface area contributed by atoms with Gasteiger partial charge in [0.05, 0.1) is 5.56 Å². The van der Waals surface area contributed by atoms with E-state index >= 15 is 0 Å². The molecule has 0 saturated carbocycles. The molecule has 0 unspecified atom stereocenters. The number of carbonyl (C=O) groups is 2. The van der Waals surface area contributed by atoms with E-state index in [1.54, 1.807) is 30.3 Å². The Balaban J connectivity index is 2.17. The van der Waals surface area contributed by atoms with Crippen molar-refractivity contribution in [1.29, 1.82) is 0 Å². The summed E-state index contributed by atoms with van der Waals surface area (Å²) in [6, 6.07) is 14.3. The van der Waals surface area contributed by atoms with Crippen LogP contribution < -0.4 is 10.6 Å². The predicted octanol–water partition coefficient (Wildman–Crippen LogP) is 2.74. The molecular formula is C16H16N2O3. The maximum absolute atomic E-state index is 12.3. The van der Waals surface area contributed by atoms with Gasteiger partial charge in [0.1, 0.15) is 6.54 Å². The molecule has 5 heteroatoms. The number of nitrogens with one attached hydrogen (secondary N) is 2. The number of hydrogen-bond donors (Lipinski definition) is 3. The van der Waals surface area contributed by atoms with E-state index in [0.717, 1.165) is 5.56 Å². The molecule has 5 nitrogen and oxygen atoms in total. The van der Waals surface area contributed by atoms with E-state index < -0.39 is 5.97 Å². The van der Waals surface area contributed by atoms with Gasteiger partial charge in [0, 0.05) is 11.4 Å². The number of carboxylic acids is 1. The van der Waals surface area contributed by atoms with Crippen molar-refractivity contribution in [2.24, 2.45) is 0 Å². The number of para-hydroxylation sites is 1. The van der Waals surface area contributed by atoms with E-state index in [2.05, 4.69) is 10.6 Å². The predicted molar refractivity (Wildman–Crippen MR) is 81.7 cm³/mol. The van der Waals surface area contributed by atoms with Crippen molar-refractivity contribution in [2.45, 2.75) is 6.92 Å². The second-order valence-corrected chi connectivity index (χ2v) is 4.62. The Morgan fingerprint density at radius 1 is 1.10 bits per heavy atom. The van der Waals surface area contributed by atoms with Crippen LogP contribution in [-0.4, -0.2) is 23.5 Å². The summed E-state index contributed by atoms with van der Waals surface area (Å²) in [5, 5.41) is 14.2. The molecule has 0 aliphatic heterocycles. The number of aliphatic carboxylic acids is 1. The Bertz CT molecular complexity index is 668. The smallest absolute Gasteiger partial charge is 0.322 e. The Morgan fingerprint density at radius 2 is 1.86 bits per heavy atom. The van der Waals surface area contributed by atoms with Crippen LogP contribution in [0.15, 0.2) is 48.5 Å². The number of hydrogen-bond acceptors (Lipinski definition) is 3. The molecule has 0 aliphatic carbocycles. The Labute approximate surface area is 122 Å². The van der Waals surface area contributed by atoms with E-state index in [9.17, 15) is 9.59 Å². The zero-order valence-electron chi connectivity index (χ0n) is 11.6. The maximum Gasteiger partial charge on any atom is 0.322 e. The summed E-state index contributed by atoms with van der Waals surface area (Å²) in [6.45, 7) is 1.70. The van der Waals surface area contributed by atoms with Gasteiger partial charge >= 0.3 is 5.97 Å². The van der Waals surface area contributed by atoms with Gasteiger partial charge in [-0.25, -0.2) is 0 Å². The quantitative estimate of drug-likeness (QED) is 0.789. The molecule has 2 aromatic carbocycles. The summed E-state index contributed by atoms with van der Waals surface area (Å²) in [7, 11) is 0. The average Bonchev–Trinajstić information content (AvgIpc) is 2.45. The molecule has 0 aliphatic rings. The van der Waals surface area contributed by atoms with Gasteiger partial charge in [-0.3, -0.25) is 9.59 Å². The summed E-state index contributed by atoms with van der Waals surface area (Å²) in [6.07, 6.45) is 0. The highest BCUT2D eigenvalue weighted by Crippen LogP contribution is 2.17. The van der Waals surface area contributed by atoms with Gasteiger partial charge in [-0.15, -0.1) is 0 Å². The second kappa shape index (κ2) is 6.56. The van der Waals surface area contributed by atoms with Gasteiger partial charge in [-0.1, -0.05) is 24.3 Å². The van der Waals surface area contributed by atoms with Crippen LogP contribution in [0.3, 0.4) is 0 Å². The van der Waals surface area contributed by atoms with E-state index in [4.69, 9.17) is 5.11 Å². The van der Waals surface area contributed by atoms with Gasteiger partial charge in [-0.2, -0.15) is 0 Å². The zero-order valence-corrected chi connectivity index (χ0v) is 11.6. The van der Waals surface area contributed by atoms with E-state index in [1.165, 1.54) is 0 Å². The third-order valence-electron chi connectivity index (χ3n) is 2.88. The molecule has 2 rings (SSSR count). The van der Waals surface area contributed by atoms with Crippen LogP contribution in [0.2, 0.25) is 0 Å². The molecule has 0 fully saturated rings. The number of rotatable bonds is 5. The molecule has 0 atom stereocenters. The summed E-state index contributed by atoms with van der Waals surface area (Å²) in [4.78, 5) is 22.9. The summed E-state index contributed by atoms with van der Waals surface area (Å²) >= 11 is 0. The van der Waals surface area contributed by atoms with E-state index in [0.29, 0.717) is 16.9 Å². The molecule has 0 aromatic heterocycles. The average molecular weight is 284 g/mol. The van der Waals surface area contributed by atoms with Crippen LogP contribution in [-0.2, 0) is 4.79 Å². The van der Waals surface area contributed by atoms with Gasteiger partial charge < -0.3 is 15.7 Å². The highest BCUT2D eigenvalue weighted by Gasteiger charge is 2.11. The number of carbonyl (C=O) groups excluding carboxylic acids is 1. The molecular weight excluding hydrogens is 268 g/mol. The molecule has 0 heterocycles. The lowest BCUT2D eigenvalue weighted by molar-refractivity contribution is -0.134. The number of aryl methyl sites for hydroxylation is 1. The lowest BCUT2D eigenvalue weighted by atomic mass is 10.1. The molecule has 0 spiro atoms. The Hall–Kier alpha value is -2.82. The SMILES string of the molecule is Cc1cccc(NC(=O)c2ccccc2NCC(=O)O)c1. The molecule has 0 bridgehead atoms. The van der Waals surface area contributed by atoms with Crippen molar-refractivity contribution in [3.8, 4) is 0 Å². The standard InChI is InChI=1S/C16H16N2O3/c1-11-5-4-6-12(9-11)18-16(21)13-7-2-3-8-14(13)17-10-15(19)20/h2-9,17H,10H2,1H3,(H,18,21)(H,19,20). The number of anilines is 2. The van der Waals surface area contributed by atoms with Gasteiger partial charge in [0.25, 0.3) is 5.91 Å². The van der Waals surface area contributed by atoms with Crippen LogP contribution in [0.4, 0.5) is 11.4 Å². The monoisotopic (exact) mass is 284 g/mol. The zero-order chi connectivity index (χ0) is 15.2. The molecule has 0 saturated heterocycles. The molecule has 2 aromatic rings. The third-order valence-corrected chi connectivity index (χ3v) is 2.88. The molecule has 21 heavy (non-hydrogen) atoms. The second-order valence-electron chi connectivity index (χ2n) is 4.62. The first kappa shape index (κ1) is 14.6. The fourth-order valence-corrected chi connectivity index (χ4v) is 1.93. The summed E-state index contributed by atoms with van der Waals surface area (Å²) in [5.74, 6) is -1.27. The van der Waals surface area contributed by atoms with Crippen molar-refractivity contribution < 1.29 is 14.7 Å². The van der Waals surface area contributed by atoms with Crippen molar-refractivity contribution >= 4 is 23.3 Å². The minimum Gasteiger partial charge on any atom is -0.480 e. The first-order chi connectivity index (χ1) is 10.1. The highest BCUT2D eigenvalue weighted by atomic mass is 16.4. The highest BCUT2D eigenvalue weighted by molar-refractivity contribution is 6.08. The molecule has 108 valence electrons. The van der Waals surface area contributed by atoms with Crippen molar-refractivity contribution in [1.82, 2.24) is 0 Å². The van der Waals surface area contributed by atoms with Crippen molar-refractivity contribution in [2.75, 3.05) is 17.2 Å². The summed E-state index contributed by atoms with van der Waals surface area (Å²) in [5.41, 5.74) is 2.64. The first-order valence-corrected chi connectivity index (χ1v) is 6.49. The van der Waals surface area contributed by atoms with Crippen LogP contribution in [0.25, 0.3) is 0 Å². The minimum absolute atomic E-state index is 0.241. The third kappa shape index (κ3) is 4.07. The lowest BCUT2D eigenvalue weighted by Gasteiger charge is -2.11. The molecule has 1 amide bonds. The first-order valence-electron chi connectivity index (χ1n) is 6.49. The lowest BCUT2D eigenvalue weighted by Crippen LogP contribution is -2.18. The minimum atomic E-state index is -0.983. The van der Waals surface area contributed by atoms with Crippen molar-refractivity contribution in [3.63, 3.8) is 0 Å². The van der Waals surface area contributed by atoms with Crippen molar-refractivity contribution in [3.05, 3.63) is 59.7 Å². The number of amides is 1. The van der Waals surface area contributed by atoms with Crippen LogP contribution in [0.5, 0.6) is 0 Å². The van der Waals surface area contributed by atoms with E-state index in [-0.39, 0.29) is 12.5 Å². The topological polar surface area (TPSA) is 78.4 Å². The van der Waals surface area contributed by atoms with Crippen LogP contribution >= 0.6 is 0 Å². The Kier molecular flexibility index (Phi) is 4.56. The normalized spacial score (nSPS) is 9.95. The molecule has 0 radical (unpaired) electrons. The fourth-order valence-electron chi connectivity index (χ4n) is 1.93. The maximum atomic E-state index is 12.3.